The summed E-state index contributed by atoms with van der Waals surface area (Å²) < 4.78 is 0. The van der Waals surface area contributed by atoms with Crippen molar-refractivity contribution in [2.75, 3.05) is 5.32 Å². The highest BCUT2D eigenvalue weighted by Crippen LogP contribution is 2.20. The molecule has 0 atom stereocenters. The first-order valence-corrected chi connectivity index (χ1v) is 6.76. The van der Waals surface area contributed by atoms with Gasteiger partial charge in [0.1, 0.15) is 0 Å². The van der Waals surface area contributed by atoms with Gasteiger partial charge in [-0.3, -0.25) is 0 Å². The fraction of sp³-hybridized carbons (Fsp3) is 0.357. The summed E-state index contributed by atoms with van der Waals surface area (Å²) in [7, 11) is 0. The summed E-state index contributed by atoms with van der Waals surface area (Å²) in [5, 5.41) is 4.69. The molecule has 0 unspecified atom stereocenters. The first-order chi connectivity index (χ1) is 8.20. The lowest BCUT2D eigenvalue weighted by Crippen LogP contribution is -2.00. The molecule has 17 heavy (non-hydrogen) atoms. The third-order valence-corrected chi connectivity index (χ3v) is 4.10. The molecule has 0 radical (unpaired) electrons. The second-order valence-electron chi connectivity index (χ2n) is 4.17. The van der Waals surface area contributed by atoms with Gasteiger partial charge in [0.15, 0.2) is 0 Å². The molecular formula is C14H18N2S. The lowest BCUT2D eigenvalue weighted by atomic mass is 10.1. The van der Waals surface area contributed by atoms with Crippen LogP contribution < -0.4 is 5.32 Å². The van der Waals surface area contributed by atoms with Gasteiger partial charge in [0.2, 0.25) is 0 Å². The maximum Gasteiger partial charge on any atom is 0.0925 e. The van der Waals surface area contributed by atoms with E-state index in [-0.39, 0.29) is 0 Å². The average molecular weight is 246 g/mol. The molecular weight excluding hydrogens is 228 g/mol. The summed E-state index contributed by atoms with van der Waals surface area (Å²) in [4.78, 5) is 5.66. The van der Waals surface area contributed by atoms with Crippen molar-refractivity contribution in [2.45, 2.75) is 33.7 Å². The standard InChI is InChI=1S/C14H18N2S/c1-4-14-16-9-12(17-14)8-15-13-7-5-6-10(2)11(13)3/h5-7,9,15H,4,8H2,1-3H3. The zero-order chi connectivity index (χ0) is 12.3. The van der Waals surface area contributed by atoms with Crippen molar-refractivity contribution in [1.82, 2.24) is 4.98 Å². The van der Waals surface area contributed by atoms with E-state index >= 15 is 0 Å². The Balaban J connectivity index is 2.04. The van der Waals surface area contributed by atoms with Gasteiger partial charge < -0.3 is 5.32 Å². The van der Waals surface area contributed by atoms with Crippen molar-refractivity contribution >= 4 is 17.0 Å². The predicted molar refractivity (Wildman–Crippen MR) is 74.7 cm³/mol. The Morgan fingerprint density at radius 2 is 2.12 bits per heavy atom. The molecule has 1 aromatic carbocycles. The zero-order valence-corrected chi connectivity index (χ0v) is 11.4. The van der Waals surface area contributed by atoms with Crippen LogP contribution in [-0.2, 0) is 13.0 Å². The summed E-state index contributed by atoms with van der Waals surface area (Å²) in [5.74, 6) is 0. The predicted octanol–water partition coefficient (Wildman–Crippen LogP) is 3.93. The molecule has 0 saturated carbocycles. The monoisotopic (exact) mass is 246 g/mol. The summed E-state index contributed by atoms with van der Waals surface area (Å²) >= 11 is 1.79. The summed E-state index contributed by atoms with van der Waals surface area (Å²) in [6.45, 7) is 7.30. The summed E-state index contributed by atoms with van der Waals surface area (Å²) in [6, 6.07) is 6.36. The fourth-order valence-electron chi connectivity index (χ4n) is 1.72. The zero-order valence-electron chi connectivity index (χ0n) is 10.6. The van der Waals surface area contributed by atoms with Crippen LogP contribution in [0.2, 0.25) is 0 Å². The van der Waals surface area contributed by atoms with Gasteiger partial charge in [-0.15, -0.1) is 11.3 Å². The number of nitrogens with zero attached hydrogens (tertiary/aromatic N) is 1. The van der Waals surface area contributed by atoms with E-state index in [9.17, 15) is 0 Å². The van der Waals surface area contributed by atoms with Crippen molar-refractivity contribution < 1.29 is 0 Å². The normalized spacial score (nSPS) is 10.5. The number of aromatic nitrogens is 1. The van der Waals surface area contributed by atoms with Gasteiger partial charge in [-0.2, -0.15) is 0 Å². The van der Waals surface area contributed by atoms with E-state index in [2.05, 4.69) is 49.3 Å². The summed E-state index contributed by atoms with van der Waals surface area (Å²) in [5.41, 5.74) is 3.87. The van der Waals surface area contributed by atoms with E-state index in [4.69, 9.17) is 0 Å². The van der Waals surface area contributed by atoms with Crippen molar-refractivity contribution in [3.8, 4) is 0 Å². The molecule has 0 saturated heterocycles. The number of nitrogens with one attached hydrogen (secondary N) is 1. The molecule has 0 aliphatic carbocycles. The van der Waals surface area contributed by atoms with E-state index in [1.807, 2.05) is 6.20 Å². The number of hydrogen-bond acceptors (Lipinski definition) is 3. The van der Waals surface area contributed by atoms with Gasteiger partial charge >= 0.3 is 0 Å². The molecule has 0 aliphatic rings. The van der Waals surface area contributed by atoms with Crippen molar-refractivity contribution in [2.24, 2.45) is 0 Å². The number of benzene rings is 1. The number of hydrogen-bond donors (Lipinski definition) is 1. The van der Waals surface area contributed by atoms with Crippen LogP contribution in [0.3, 0.4) is 0 Å². The van der Waals surface area contributed by atoms with Gasteiger partial charge in [0.25, 0.3) is 0 Å². The minimum absolute atomic E-state index is 0.863. The molecule has 0 bridgehead atoms. The molecule has 1 heterocycles. The second-order valence-corrected chi connectivity index (χ2v) is 5.37. The Bertz CT molecular complexity index is 503. The number of aryl methyl sites for hydroxylation is 2. The van der Waals surface area contributed by atoms with Crippen LogP contribution in [0.5, 0.6) is 0 Å². The van der Waals surface area contributed by atoms with E-state index in [1.54, 1.807) is 11.3 Å². The first kappa shape index (κ1) is 12.1. The highest BCUT2D eigenvalue weighted by atomic mass is 32.1. The van der Waals surface area contributed by atoms with Crippen molar-refractivity contribution in [3.63, 3.8) is 0 Å². The molecule has 2 aromatic rings. The van der Waals surface area contributed by atoms with Crippen LogP contribution in [0.15, 0.2) is 24.4 Å². The quantitative estimate of drug-likeness (QED) is 0.884. The Hall–Kier alpha value is -1.35. The molecule has 2 nitrogen and oxygen atoms in total. The lowest BCUT2D eigenvalue weighted by Gasteiger charge is -2.10. The maximum atomic E-state index is 4.37. The second kappa shape index (κ2) is 5.32. The maximum absolute atomic E-state index is 4.37. The van der Waals surface area contributed by atoms with E-state index in [1.165, 1.54) is 26.7 Å². The van der Waals surface area contributed by atoms with Crippen LogP contribution in [0.4, 0.5) is 5.69 Å². The van der Waals surface area contributed by atoms with Crippen molar-refractivity contribution in [3.05, 3.63) is 45.4 Å². The smallest absolute Gasteiger partial charge is 0.0925 e. The van der Waals surface area contributed by atoms with Crippen LogP contribution in [0.1, 0.15) is 27.9 Å². The molecule has 3 heteroatoms. The van der Waals surface area contributed by atoms with Gasteiger partial charge in [-0.05, 0) is 37.5 Å². The minimum Gasteiger partial charge on any atom is -0.380 e. The van der Waals surface area contributed by atoms with Crippen LogP contribution in [0.25, 0.3) is 0 Å². The SMILES string of the molecule is CCc1ncc(CNc2cccc(C)c2C)s1. The largest absolute Gasteiger partial charge is 0.380 e. The average Bonchev–Trinajstić information content (AvgIpc) is 2.79. The van der Waals surface area contributed by atoms with Gasteiger partial charge in [0.05, 0.1) is 11.6 Å². The minimum atomic E-state index is 0.863. The van der Waals surface area contributed by atoms with Gasteiger partial charge in [0, 0.05) is 16.8 Å². The first-order valence-electron chi connectivity index (χ1n) is 5.94. The Labute approximate surface area is 107 Å². The molecule has 0 amide bonds. The van der Waals surface area contributed by atoms with E-state index in [0.29, 0.717) is 0 Å². The Morgan fingerprint density at radius 3 is 2.82 bits per heavy atom. The Kier molecular flexibility index (Phi) is 3.79. The number of thiazole rings is 1. The number of rotatable bonds is 4. The van der Waals surface area contributed by atoms with E-state index in [0.717, 1.165) is 13.0 Å². The highest BCUT2D eigenvalue weighted by Gasteiger charge is 2.02. The molecule has 0 aliphatic heterocycles. The fourth-order valence-corrected chi connectivity index (χ4v) is 2.52. The van der Waals surface area contributed by atoms with E-state index < -0.39 is 0 Å². The molecule has 1 aromatic heterocycles. The Morgan fingerprint density at radius 1 is 1.29 bits per heavy atom. The van der Waals surface area contributed by atoms with Gasteiger partial charge in [-0.25, -0.2) is 4.98 Å². The van der Waals surface area contributed by atoms with Crippen LogP contribution in [0, 0.1) is 13.8 Å². The lowest BCUT2D eigenvalue weighted by molar-refractivity contribution is 1.09. The third kappa shape index (κ3) is 2.86. The number of anilines is 1. The third-order valence-electron chi connectivity index (χ3n) is 2.96. The topological polar surface area (TPSA) is 24.9 Å². The van der Waals surface area contributed by atoms with Crippen LogP contribution >= 0.6 is 11.3 Å². The molecule has 0 fully saturated rings. The molecule has 1 N–H and O–H groups in total. The molecule has 90 valence electrons. The van der Waals surface area contributed by atoms with Gasteiger partial charge in [-0.1, -0.05) is 19.1 Å². The molecule has 0 spiro atoms. The molecule has 2 rings (SSSR count). The van der Waals surface area contributed by atoms with Crippen LogP contribution in [-0.4, -0.2) is 4.98 Å². The summed E-state index contributed by atoms with van der Waals surface area (Å²) in [6.07, 6.45) is 3.00. The van der Waals surface area contributed by atoms with Crippen molar-refractivity contribution in [1.29, 1.82) is 0 Å². The highest BCUT2D eigenvalue weighted by molar-refractivity contribution is 7.11.